The minimum absolute atomic E-state index is 0.0200. The summed E-state index contributed by atoms with van der Waals surface area (Å²) in [5, 5.41) is 0.889. The van der Waals surface area contributed by atoms with Crippen molar-refractivity contribution in [3.8, 4) is 0 Å². The Balaban J connectivity index is 1.82. The van der Waals surface area contributed by atoms with E-state index in [-0.39, 0.29) is 11.2 Å². The third-order valence-electron chi connectivity index (χ3n) is 3.74. The molecule has 0 aromatic carbocycles. The van der Waals surface area contributed by atoms with E-state index in [2.05, 4.69) is 18.8 Å². The average molecular weight is 304 g/mol. The predicted octanol–water partition coefficient (Wildman–Crippen LogP) is 3.84. The van der Waals surface area contributed by atoms with E-state index in [9.17, 15) is 4.79 Å². The molecular formula is C16H20N2O2S. The third kappa shape index (κ3) is 2.88. The maximum Gasteiger partial charge on any atom is 0.186 e. The van der Waals surface area contributed by atoms with Crippen molar-refractivity contribution in [1.82, 2.24) is 4.98 Å². The molecule has 1 aliphatic carbocycles. The van der Waals surface area contributed by atoms with Crippen LogP contribution in [0.2, 0.25) is 0 Å². The molecule has 0 saturated heterocycles. The zero-order chi connectivity index (χ0) is 15.2. The molecule has 0 atom stereocenters. The van der Waals surface area contributed by atoms with Gasteiger partial charge in [-0.05, 0) is 30.9 Å². The number of ketones is 1. The van der Waals surface area contributed by atoms with Gasteiger partial charge in [0, 0.05) is 13.5 Å². The van der Waals surface area contributed by atoms with E-state index in [1.807, 2.05) is 31.0 Å². The van der Waals surface area contributed by atoms with Gasteiger partial charge >= 0.3 is 0 Å². The van der Waals surface area contributed by atoms with Crippen LogP contribution in [-0.4, -0.2) is 17.8 Å². The first-order valence-electron chi connectivity index (χ1n) is 7.13. The Bertz CT molecular complexity index is 684. The molecule has 5 heteroatoms. The van der Waals surface area contributed by atoms with Crippen molar-refractivity contribution in [2.24, 2.45) is 5.41 Å². The number of fused-ring (bicyclic) bond motifs is 1. The Morgan fingerprint density at radius 1 is 1.38 bits per heavy atom. The summed E-state index contributed by atoms with van der Waals surface area (Å²) < 4.78 is 5.60. The van der Waals surface area contributed by atoms with Crippen LogP contribution in [-0.2, 0) is 13.0 Å². The zero-order valence-corrected chi connectivity index (χ0v) is 13.7. The number of hydrogen-bond acceptors (Lipinski definition) is 5. The van der Waals surface area contributed by atoms with Gasteiger partial charge in [0.15, 0.2) is 10.9 Å². The number of hydrogen-bond donors (Lipinski definition) is 0. The summed E-state index contributed by atoms with van der Waals surface area (Å²) in [5.74, 6) is 2.05. The molecule has 0 fully saturated rings. The molecule has 2 heterocycles. The summed E-state index contributed by atoms with van der Waals surface area (Å²) >= 11 is 1.50. The highest BCUT2D eigenvalue weighted by Gasteiger charge is 2.34. The fraction of sp³-hybridized carbons (Fsp3) is 0.500. The largest absolute Gasteiger partial charge is 0.464 e. The molecule has 21 heavy (non-hydrogen) atoms. The van der Waals surface area contributed by atoms with Crippen molar-refractivity contribution < 1.29 is 9.21 Å². The van der Waals surface area contributed by atoms with Crippen molar-refractivity contribution in [3.05, 3.63) is 34.2 Å². The highest BCUT2D eigenvalue weighted by molar-refractivity contribution is 7.17. The second kappa shape index (κ2) is 4.98. The van der Waals surface area contributed by atoms with E-state index in [0.29, 0.717) is 13.0 Å². The smallest absolute Gasteiger partial charge is 0.186 e. The summed E-state index contributed by atoms with van der Waals surface area (Å²) in [7, 11) is 1.98. The third-order valence-corrected chi connectivity index (χ3v) is 4.99. The summed E-state index contributed by atoms with van der Waals surface area (Å²) in [6.45, 7) is 6.86. The molecule has 112 valence electrons. The lowest BCUT2D eigenvalue weighted by Gasteiger charge is -2.26. The van der Waals surface area contributed by atoms with Gasteiger partial charge in [-0.25, -0.2) is 4.98 Å². The number of thiazole rings is 1. The van der Waals surface area contributed by atoms with Crippen LogP contribution in [0.15, 0.2) is 16.5 Å². The predicted molar refractivity (Wildman–Crippen MR) is 84.1 cm³/mol. The topological polar surface area (TPSA) is 46.3 Å². The van der Waals surface area contributed by atoms with Crippen molar-refractivity contribution in [3.63, 3.8) is 0 Å². The van der Waals surface area contributed by atoms with Crippen molar-refractivity contribution in [2.45, 2.75) is 40.2 Å². The summed E-state index contributed by atoms with van der Waals surface area (Å²) in [5.41, 5.74) is 0.977. The van der Waals surface area contributed by atoms with Crippen LogP contribution in [0.3, 0.4) is 0 Å². The number of carbonyl (C=O) groups is 1. The van der Waals surface area contributed by atoms with Gasteiger partial charge in [-0.2, -0.15) is 0 Å². The fourth-order valence-electron chi connectivity index (χ4n) is 2.74. The number of rotatable bonds is 3. The first kappa shape index (κ1) is 14.3. The first-order chi connectivity index (χ1) is 9.84. The standard InChI is InChI=1S/C16H20N2O2S/c1-10-5-6-11(20-10)9-18(4)15-17-12-7-16(2,3)8-13(19)14(12)21-15/h5-6H,7-9H2,1-4H3. The maximum absolute atomic E-state index is 12.2. The van der Waals surface area contributed by atoms with E-state index in [0.717, 1.165) is 33.6 Å². The van der Waals surface area contributed by atoms with Gasteiger partial charge in [-0.15, -0.1) is 0 Å². The van der Waals surface area contributed by atoms with Crippen LogP contribution in [0.5, 0.6) is 0 Å². The van der Waals surface area contributed by atoms with E-state index < -0.39 is 0 Å². The molecule has 0 aliphatic heterocycles. The monoisotopic (exact) mass is 304 g/mol. The number of carbonyl (C=O) groups excluding carboxylic acids is 1. The van der Waals surface area contributed by atoms with Crippen molar-refractivity contribution in [1.29, 1.82) is 0 Å². The maximum atomic E-state index is 12.2. The van der Waals surface area contributed by atoms with E-state index in [4.69, 9.17) is 4.42 Å². The summed E-state index contributed by atoms with van der Waals surface area (Å²) in [6.07, 6.45) is 1.49. The Labute approximate surface area is 128 Å². The number of aryl methyl sites for hydroxylation is 1. The lowest BCUT2D eigenvalue weighted by atomic mass is 9.78. The first-order valence-corrected chi connectivity index (χ1v) is 7.95. The summed E-state index contributed by atoms with van der Waals surface area (Å²) in [6, 6.07) is 3.94. The minimum atomic E-state index is 0.0200. The molecule has 2 aromatic rings. The number of nitrogens with zero attached hydrogens (tertiary/aromatic N) is 2. The molecule has 4 nitrogen and oxygen atoms in total. The lowest BCUT2D eigenvalue weighted by Crippen LogP contribution is -2.26. The highest BCUT2D eigenvalue weighted by atomic mass is 32.1. The fourth-order valence-corrected chi connectivity index (χ4v) is 3.72. The molecule has 0 unspecified atom stereocenters. The van der Waals surface area contributed by atoms with Crippen LogP contribution >= 0.6 is 11.3 Å². The van der Waals surface area contributed by atoms with Crippen LogP contribution in [0.4, 0.5) is 5.13 Å². The zero-order valence-electron chi connectivity index (χ0n) is 12.9. The molecule has 0 saturated carbocycles. The second-order valence-electron chi connectivity index (χ2n) is 6.58. The SMILES string of the molecule is Cc1ccc(CN(C)c2nc3c(s2)C(=O)CC(C)(C)C3)o1. The normalized spacial score (nSPS) is 16.9. The van der Waals surface area contributed by atoms with E-state index in [1.165, 1.54) is 11.3 Å². The number of Topliss-reactive ketones (excluding diaryl/α,β-unsaturated/α-hetero) is 1. The Morgan fingerprint density at radius 3 is 2.81 bits per heavy atom. The van der Waals surface area contributed by atoms with Gasteiger partial charge in [-0.3, -0.25) is 4.79 Å². The molecule has 3 rings (SSSR count). The second-order valence-corrected chi connectivity index (χ2v) is 7.56. The van der Waals surface area contributed by atoms with Gasteiger partial charge in [-0.1, -0.05) is 25.2 Å². The van der Waals surface area contributed by atoms with Gasteiger partial charge in [0.25, 0.3) is 0 Å². The molecule has 2 aromatic heterocycles. The highest BCUT2D eigenvalue weighted by Crippen LogP contribution is 2.39. The quantitative estimate of drug-likeness (QED) is 0.864. The number of anilines is 1. The van der Waals surface area contributed by atoms with Crippen LogP contribution < -0.4 is 4.90 Å². The van der Waals surface area contributed by atoms with Crippen LogP contribution in [0.25, 0.3) is 0 Å². The molecular weight excluding hydrogens is 284 g/mol. The Hall–Kier alpha value is -1.62. The Kier molecular flexibility index (Phi) is 3.40. The van der Waals surface area contributed by atoms with E-state index >= 15 is 0 Å². The Morgan fingerprint density at radius 2 is 2.14 bits per heavy atom. The van der Waals surface area contributed by atoms with E-state index in [1.54, 1.807) is 0 Å². The average Bonchev–Trinajstić information content (AvgIpc) is 2.94. The molecule has 0 amide bonds. The molecule has 0 radical (unpaired) electrons. The lowest BCUT2D eigenvalue weighted by molar-refractivity contribution is 0.0916. The van der Waals surface area contributed by atoms with Gasteiger partial charge < -0.3 is 9.32 Å². The van der Waals surface area contributed by atoms with Crippen molar-refractivity contribution in [2.75, 3.05) is 11.9 Å². The van der Waals surface area contributed by atoms with Crippen molar-refractivity contribution >= 4 is 22.3 Å². The van der Waals surface area contributed by atoms with Gasteiger partial charge in [0.05, 0.1) is 17.1 Å². The number of aromatic nitrogens is 1. The molecule has 0 bridgehead atoms. The number of furan rings is 1. The molecule has 0 N–H and O–H groups in total. The minimum Gasteiger partial charge on any atom is -0.464 e. The van der Waals surface area contributed by atoms with Gasteiger partial charge in [0.1, 0.15) is 11.5 Å². The van der Waals surface area contributed by atoms with Gasteiger partial charge in [0.2, 0.25) is 0 Å². The molecule has 1 aliphatic rings. The summed E-state index contributed by atoms with van der Waals surface area (Å²) in [4.78, 5) is 19.8. The van der Waals surface area contributed by atoms with Crippen LogP contribution in [0.1, 0.15) is 47.2 Å². The molecule has 0 spiro atoms. The van der Waals surface area contributed by atoms with Crippen LogP contribution in [0, 0.1) is 12.3 Å².